The molecule has 0 saturated heterocycles. The molecule has 21 heavy (non-hydrogen) atoms. The maximum absolute atomic E-state index is 13.7. The minimum Gasteiger partial charge on any atom is -0.345 e. The number of benzene rings is 2. The third kappa shape index (κ3) is 3.47. The number of hydrogen-bond acceptors (Lipinski definition) is 1. The van der Waals surface area contributed by atoms with Crippen LogP contribution in [0.2, 0.25) is 0 Å². The highest BCUT2D eigenvalue weighted by atomic mass is 79.9. The van der Waals surface area contributed by atoms with Crippen LogP contribution in [0.15, 0.2) is 40.9 Å². The molecule has 0 fully saturated rings. The number of halogens is 3. The van der Waals surface area contributed by atoms with E-state index in [-0.39, 0.29) is 11.5 Å². The van der Waals surface area contributed by atoms with Crippen molar-refractivity contribution in [3.05, 3.63) is 69.2 Å². The van der Waals surface area contributed by atoms with Crippen molar-refractivity contribution in [2.24, 2.45) is 0 Å². The number of carbonyl (C=O) groups is 1. The van der Waals surface area contributed by atoms with Crippen LogP contribution in [0, 0.1) is 18.6 Å². The van der Waals surface area contributed by atoms with E-state index in [0.717, 1.165) is 10.0 Å². The second kappa shape index (κ2) is 6.35. The van der Waals surface area contributed by atoms with Gasteiger partial charge in [0.05, 0.1) is 6.04 Å². The molecule has 0 heterocycles. The Kier molecular flexibility index (Phi) is 4.73. The zero-order valence-corrected chi connectivity index (χ0v) is 13.2. The zero-order valence-electron chi connectivity index (χ0n) is 11.6. The molecule has 0 aromatic heterocycles. The lowest BCUT2D eigenvalue weighted by Crippen LogP contribution is -2.28. The second-order valence-electron chi connectivity index (χ2n) is 4.79. The molecule has 5 heteroatoms. The summed E-state index contributed by atoms with van der Waals surface area (Å²) in [5.74, 6) is -1.72. The third-order valence-electron chi connectivity index (χ3n) is 3.20. The second-order valence-corrected chi connectivity index (χ2v) is 5.65. The van der Waals surface area contributed by atoms with Crippen LogP contribution < -0.4 is 5.32 Å². The molecule has 0 bridgehead atoms. The summed E-state index contributed by atoms with van der Waals surface area (Å²) in [6.07, 6.45) is 0. The number of carbonyl (C=O) groups excluding carboxylic acids is 1. The summed E-state index contributed by atoms with van der Waals surface area (Å²) in [5, 5.41) is 2.61. The van der Waals surface area contributed by atoms with Gasteiger partial charge in [0.1, 0.15) is 11.6 Å². The Balaban J connectivity index is 2.21. The molecule has 1 atom stereocenters. The average molecular weight is 354 g/mol. The number of hydrogen-bond donors (Lipinski definition) is 1. The predicted molar refractivity (Wildman–Crippen MR) is 81.1 cm³/mol. The topological polar surface area (TPSA) is 29.1 Å². The molecule has 1 unspecified atom stereocenters. The van der Waals surface area contributed by atoms with Crippen molar-refractivity contribution in [2.45, 2.75) is 19.9 Å². The highest BCUT2D eigenvalue weighted by Crippen LogP contribution is 2.21. The van der Waals surface area contributed by atoms with Gasteiger partial charge < -0.3 is 5.32 Å². The van der Waals surface area contributed by atoms with Gasteiger partial charge in [0, 0.05) is 15.6 Å². The van der Waals surface area contributed by atoms with E-state index in [9.17, 15) is 13.6 Å². The van der Waals surface area contributed by atoms with Crippen molar-refractivity contribution in [1.82, 2.24) is 5.32 Å². The van der Waals surface area contributed by atoms with Crippen LogP contribution >= 0.6 is 15.9 Å². The smallest absolute Gasteiger partial charge is 0.251 e. The molecule has 0 radical (unpaired) electrons. The normalized spacial score (nSPS) is 12.0. The number of nitrogens with one attached hydrogen (secondary N) is 1. The summed E-state index contributed by atoms with van der Waals surface area (Å²) in [6, 6.07) is 8.00. The molecule has 2 nitrogen and oxygen atoms in total. The first-order valence-corrected chi connectivity index (χ1v) is 7.20. The molecule has 1 N–H and O–H groups in total. The fraction of sp³-hybridized carbons (Fsp3) is 0.188. The van der Waals surface area contributed by atoms with E-state index in [1.54, 1.807) is 25.1 Å². The van der Waals surface area contributed by atoms with E-state index in [0.29, 0.717) is 5.56 Å². The van der Waals surface area contributed by atoms with Crippen molar-refractivity contribution in [3.8, 4) is 0 Å². The predicted octanol–water partition coefficient (Wildman–Crippen LogP) is 4.53. The Labute approximate surface area is 130 Å². The Hall–Kier alpha value is -1.75. The quantitative estimate of drug-likeness (QED) is 0.862. The van der Waals surface area contributed by atoms with Crippen molar-refractivity contribution < 1.29 is 13.6 Å². The first kappa shape index (κ1) is 15.6. The van der Waals surface area contributed by atoms with Gasteiger partial charge in [-0.3, -0.25) is 4.79 Å². The van der Waals surface area contributed by atoms with Crippen LogP contribution in [0.1, 0.15) is 34.5 Å². The SMILES string of the molecule is Cc1cc(C(=O)NC(C)c2c(F)cccc2F)ccc1Br. The summed E-state index contributed by atoms with van der Waals surface area (Å²) in [7, 11) is 0. The average Bonchev–Trinajstić information content (AvgIpc) is 2.41. The van der Waals surface area contributed by atoms with Crippen molar-refractivity contribution >= 4 is 21.8 Å². The van der Waals surface area contributed by atoms with Gasteiger partial charge >= 0.3 is 0 Å². The largest absolute Gasteiger partial charge is 0.345 e. The van der Waals surface area contributed by atoms with Crippen LogP contribution in [0.4, 0.5) is 8.78 Å². The van der Waals surface area contributed by atoms with Crippen LogP contribution in [-0.2, 0) is 0 Å². The molecule has 1 amide bonds. The van der Waals surface area contributed by atoms with Gasteiger partial charge in [-0.15, -0.1) is 0 Å². The number of rotatable bonds is 3. The van der Waals surface area contributed by atoms with E-state index in [1.807, 2.05) is 6.92 Å². The summed E-state index contributed by atoms with van der Waals surface area (Å²) in [6.45, 7) is 3.41. The van der Waals surface area contributed by atoms with Crippen molar-refractivity contribution in [3.63, 3.8) is 0 Å². The van der Waals surface area contributed by atoms with Gasteiger partial charge in [0.15, 0.2) is 0 Å². The zero-order chi connectivity index (χ0) is 15.6. The van der Waals surface area contributed by atoms with E-state index in [1.165, 1.54) is 18.2 Å². The maximum atomic E-state index is 13.7. The van der Waals surface area contributed by atoms with E-state index in [4.69, 9.17) is 0 Å². The Bertz CT molecular complexity index is 668. The van der Waals surface area contributed by atoms with Gasteiger partial charge in [-0.05, 0) is 49.7 Å². The number of aryl methyl sites for hydroxylation is 1. The molecule has 0 aliphatic rings. The Morgan fingerprint density at radius 1 is 1.19 bits per heavy atom. The molecule has 0 aliphatic carbocycles. The summed E-state index contributed by atoms with van der Waals surface area (Å²) in [5.41, 5.74) is 1.21. The molecule has 0 aliphatic heterocycles. The van der Waals surface area contributed by atoms with E-state index in [2.05, 4.69) is 21.2 Å². The van der Waals surface area contributed by atoms with Crippen LogP contribution in [0.3, 0.4) is 0 Å². The van der Waals surface area contributed by atoms with Crippen LogP contribution in [0.25, 0.3) is 0 Å². The van der Waals surface area contributed by atoms with E-state index < -0.39 is 17.7 Å². The van der Waals surface area contributed by atoms with E-state index >= 15 is 0 Å². The first-order chi connectivity index (χ1) is 9.90. The minimum absolute atomic E-state index is 0.139. The Morgan fingerprint density at radius 3 is 2.38 bits per heavy atom. The molecular weight excluding hydrogens is 340 g/mol. The highest BCUT2D eigenvalue weighted by Gasteiger charge is 2.18. The van der Waals surface area contributed by atoms with Gasteiger partial charge in [-0.1, -0.05) is 22.0 Å². The van der Waals surface area contributed by atoms with Crippen LogP contribution in [-0.4, -0.2) is 5.91 Å². The summed E-state index contributed by atoms with van der Waals surface area (Å²) >= 11 is 3.35. The molecule has 110 valence electrons. The molecule has 2 aromatic carbocycles. The summed E-state index contributed by atoms with van der Waals surface area (Å²) < 4.78 is 28.2. The standard InChI is InChI=1S/C16H14BrF2NO/c1-9-8-11(6-7-12(9)17)16(21)20-10(2)15-13(18)4-3-5-14(15)19/h3-8,10H,1-2H3,(H,20,21). The lowest BCUT2D eigenvalue weighted by molar-refractivity contribution is 0.0938. The summed E-state index contributed by atoms with van der Waals surface area (Å²) in [4.78, 5) is 12.1. The first-order valence-electron chi connectivity index (χ1n) is 6.41. The monoisotopic (exact) mass is 353 g/mol. The fourth-order valence-electron chi connectivity index (χ4n) is 2.06. The minimum atomic E-state index is -0.761. The molecular formula is C16H14BrF2NO. The van der Waals surface area contributed by atoms with Crippen molar-refractivity contribution in [2.75, 3.05) is 0 Å². The van der Waals surface area contributed by atoms with Gasteiger partial charge in [-0.2, -0.15) is 0 Å². The number of amides is 1. The lowest BCUT2D eigenvalue weighted by atomic mass is 10.1. The maximum Gasteiger partial charge on any atom is 0.251 e. The van der Waals surface area contributed by atoms with Gasteiger partial charge in [0.2, 0.25) is 0 Å². The molecule has 0 saturated carbocycles. The molecule has 2 rings (SSSR count). The molecule has 0 spiro atoms. The highest BCUT2D eigenvalue weighted by molar-refractivity contribution is 9.10. The van der Waals surface area contributed by atoms with Crippen molar-refractivity contribution in [1.29, 1.82) is 0 Å². The van der Waals surface area contributed by atoms with Gasteiger partial charge in [-0.25, -0.2) is 8.78 Å². The Morgan fingerprint density at radius 2 is 1.81 bits per heavy atom. The third-order valence-corrected chi connectivity index (χ3v) is 4.09. The fourth-order valence-corrected chi connectivity index (χ4v) is 2.31. The van der Waals surface area contributed by atoms with Gasteiger partial charge in [0.25, 0.3) is 5.91 Å². The lowest BCUT2D eigenvalue weighted by Gasteiger charge is -2.16. The van der Waals surface area contributed by atoms with Crippen LogP contribution in [0.5, 0.6) is 0 Å². The molecule has 2 aromatic rings.